The smallest absolute Gasteiger partial charge is 0.324 e. The molecule has 9 heavy (non-hydrogen) atoms. The molecule has 0 saturated heterocycles. The van der Waals surface area contributed by atoms with Gasteiger partial charge in [0.15, 0.2) is 0 Å². The van der Waals surface area contributed by atoms with E-state index in [0.29, 0.717) is 0 Å². The number of hydrogen-bond acceptors (Lipinski definition) is 2. The Morgan fingerprint density at radius 1 is 1.56 bits per heavy atom. The third-order valence-electron chi connectivity index (χ3n) is 0.406. The van der Waals surface area contributed by atoms with Crippen LogP contribution in [0.15, 0.2) is 0 Å². The monoisotopic (exact) mass is 227 g/mol. The van der Waals surface area contributed by atoms with Gasteiger partial charge in [0.1, 0.15) is 0 Å². The molecule has 53 valence electrons. The summed E-state index contributed by atoms with van der Waals surface area (Å²) in [5, 5.41) is 0. The summed E-state index contributed by atoms with van der Waals surface area (Å²) in [5.74, 6) is 0. The van der Waals surface area contributed by atoms with Gasteiger partial charge in [-0.2, -0.15) is 0 Å². The maximum Gasteiger partial charge on any atom is 0.325 e. The number of rotatable bonds is 2. The van der Waals surface area contributed by atoms with E-state index in [9.17, 15) is 4.57 Å². The van der Waals surface area contributed by atoms with Gasteiger partial charge in [-0.05, 0) is 13.8 Å². The van der Waals surface area contributed by atoms with E-state index in [4.69, 9.17) is 4.89 Å². The van der Waals surface area contributed by atoms with Crippen molar-refractivity contribution in [3.63, 3.8) is 0 Å². The maximum absolute atomic E-state index is 10.4. The molecule has 0 spiro atoms. The topological polar surface area (TPSA) is 46.5 Å². The fourth-order valence-corrected chi connectivity index (χ4v) is 1.17. The molecule has 0 bridgehead atoms. The summed E-state index contributed by atoms with van der Waals surface area (Å²) < 4.78 is 14.9. The zero-order chi connectivity index (χ0) is 6.78. The molecule has 0 aromatic rings. The van der Waals surface area contributed by atoms with Crippen molar-refractivity contribution in [2.24, 2.45) is 0 Å². The summed E-state index contributed by atoms with van der Waals surface area (Å²) in [4.78, 5) is 8.52. The van der Waals surface area contributed by atoms with Crippen LogP contribution in [-0.4, -0.2) is 17.7 Å². The minimum Gasteiger partial charge on any atom is -0.324 e. The molecule has 0 heterocycles. The maximum atomic E-state index is 10.4. The average molecular weight is 227 g/mol. The van der Waals surface area contributed by atoms with Crippen molar-refractivity contribution in [3.8, 4) is 0 Å². The molecule has 3 nitrogen and oxygen atoms in total. The molecule has 0 aliphatic rings. The van der Waals surface area contributed by atoms with Gasteiger partial charge in [-0.3, -0.25) is 4.57 Å². The van der Waals surface area contributed by atoms with E-state index in [2.05, 4.69) is 4.52 Å². The van der Waals surface area contributed by atoms with Crippen molar-refractivity contribution in [2.75, 3.05) is 6.66 Å². The largest absolute Gasteiger partial charge is 0.325 e. The molecular formula is C4H11O3PY. The minimum absolute atomic E-state index is 0. The molecule has 0 fully saturated rings. The predicted octanol–water partition coefficient (Wildman–Crippen LogP) is 1.22. The van der Waals surface area contributed by atoms with Crippen LogP contribution in [0.5, 0.6) is 0 Å². The molecule has 0 rings (SSSR count). The normalized spacial score (nSPS) is 16.6. The molecule has 1 unspecified atom stereocenters. The molecule has 0 aliphatic carbocycles. The summed E-state index contributed by atoms with van der Waals surface area (Å²) in [7, 11) is -3.22. The van der Waals surface area contributed by atoms with Crippen LogP contribution in [0.4, 0.5) is 0 Å². The van der Waals surface area contributed by atoms with E-state index >= 15 is 0 Å². The van der Waals surface area contributed by atoms with Gasteiger partial charge in [0, 0.05) is 39.4 Å². The molecule has 0 aromatic carbocycles. The minimum atomic E-state index is -3.22. The summed E-state index contributed by atoms with van der Waals surface area (Å²) in [6.07, 6.45) is -0.171. The van der Waals surface area contributed by atoms with E-state index in [1.807, 2.05) is 0 Å². The van der Waals surface area contributed by atoms with Crippen molar-refractivity contribution in [2.45, 2.75) is 20.0 Å². The molecule has 0 saturated carbocycles. The van der Waals surface area contributed by atoms with Crippen LogP contribution in [0.2, 0.25) is 0 Å². The second kappa shape index (κ2) is 4.98. The molecule has 1 atom stereocenters. The zero-order valence-corrected chi connectivity index (χ0v) is 9.60. The van der Waals surface area contributed by atoms with Gasteiger partial charge in [-0.25, -0.2) is 0 Å². The van der Waals surface area contributed by atoms with Gasteiger partial charge in [0.05, 0.1) is 6.10 Å². The van der Waals surface area contributed by atoms with E-state index < -0.39 is 7.60 Å². The van der Waals surface area contributed by atoms with Crippen molar-refractivity contribution in [3.05, 3.63) is 0 Å². The summed E-state index contributed by atoms with van der Waals surface area (Å²) in [5.41, 5.74) is 0. The first-order chi connectivity index (χ1) is 3.42. The van der Waals surface area contributed by atoms with Gasteiger partial charge in [-0.1, -0.05) is 0 Å². The van der Waals surface area contributed by atoms with Crippen LogP contribution >= 0.6 is 7.60 Å². The molecule has 0 amide bonds. The van der Waals surface area contributed by atoms with Gasteiger partial charge >= 0.3 is 7.60 Å². The molecular weight excluding hydrogens is 216 g/mol. The first-order valence-electron chi connectivity index (χ1n) is 2.40. The van der Waals surface area contributed by atoms with Crippen LogP contribution in [0.3, 0.4) is 0 Å². The van der Waals surface area contributed by atoms with E-state index in [0.717, 1.165) is 0 Å². The van der Waals surface area contributed by atoms with Crippen molar-refractivity contribution < 1.29 is 46.7 Å². The van der Waals surface area contributed by atoms with Crippen LogP contribution in [0, 0.1) is 0 Å². The van der Waals surface area contributed by atoms with Crippen molar-refractivity contribution in [1.29, 1.82) is 0 Å². The Balaban J connectivity index is 0. The Hall–Kier alpha value is 1.25. The van der Waals surface area contributed by atoms with E-state index in [-0.39, 0.29) is 38.8 Å². The first-order valence-corrected chi connectivity index (χ1v) is 4.43. The van der Waals surface area contributed by atoms with E-state index in [1.54, 1.807) is 13.8 Å². The third-order valence-corrected chi connectivity index (χ3v) is 1.22. The van der Waals surface area contributed by atoms with Gasteiger partial charge in [0.2, 0.25) is 0 Å². The Kier molecular flexibility index (Phi) is 7.13. The van der Waals surface area contributed by atoms with Crippen LogP contribution in [-0.2, 0) is 41.8 Å². The number of hydrogen-bond donors (Lipinski definition) is 1. The quantitative estimate of drug-likeness (QED) is 0.721. The Morgan fingerprint density at radius 3 is 1.89 bits per heavy atom. The second-order valence-corrected chi connectivity index (χ2v) is 3.77. The predicted molar refractivity (Wildman–Crippen MR) is 32.0 cm³/mol. The van der Waals surface area contributed by atoms with Crippen molar-refractivity contribution in [1.82, 2.24) is 0 Å². The Bertz CT molecular complexity index is 108. The fourth-order valence-electron chi connectivity index (χ4n) is 0.391. The molecule has 1 radical (unpaired) electrons. The molecule has 1 N–H and O–H groups in total. The summed E-state index contributed by atoms with van der Waals surface area (Å²) in [6.45, 7) is 4.60. The van der Waals surface area contributed by atoms with Crippen LogP contribution < -0.4 is 0 Å². The van der Waals surface area contributed by atoms with Crippen molar-refractivity contribution >= 4 is 7.60 Å². The van der Waals surface area contributed by atoms with Crippen LogP contribution in [0.1, 0.15) is 13.8 Å². The van der Waals surface area contributed by atoms with Gasteiger partial charge < -0.3 is 9.42 Å². The standard InChI is InChI=1S/C4H11O3P.Y/c1-4(2)7-8(3,5)6;/h4H,1-3H3,(H,5,6);. The first kappa shape index (κ1) is 12.9. The van der Waals surface area contributed by atoms with Gasteiger partial charge in [-0.15, -0.1) is 0 Å². The fraction of sp³-hybridized carbons (Fsp3) is 1.00. The average Bonchev–Trinajstić information content (AvgIpc) is 1.21. The summed E-state index contributed by atoms with van der Waals surface area (Å²) >= 11 is 0. The summed E-state index contributed by atoms with van der Waals surface area (Å²) in [6, 6.07) is 0. The van der Waals surface area contributed by atoms with Crippen LogP contribution in [0.25, 0.3) is 0 Å². The zero-order valence-electron chi connectivity index (χ0n) is 5.87. The second-order valence-electron chi connectivity index (χ2n) is 1.96. The molecule has 0 aliphatic heterocycles. The third kappa shape index (κ3) is 12.4. The van der Waals surface area contributed by atoms with Gasteiger partial charge in [0.25, 0.3) is 0 Å². The Labute approximate surface area is 80.6 Å². The van der Waals surface area contributed by atoms with E-state index in [1.165, 1.54) is 6.66 Å². The molecule has 5 heteroatoms. The molecule has 0 aromatic heterocycles. The SMILES string of the molecule is CC(C)OP(C)(=O)O.[Y]. The Morgan fingerprint density at radius 2 is 1.89 bits per heavy atom.